The van der Waals surface area contributed by atoms with Crippen molar-refractivity contribution in [2.75, 3.05) is 13.7 Å². The second kappa shape index (κ2) is 11.6. The molecule has 1 aliphatic rings. The van der Waals surface area contributed by atoms with E-state index in [0.717, 1.165) is 41.5 Å². The first-order valence-electron chi connectivity index (χ1n) is 11.9. The van der Waals surface area contributed by atoms with Crippen molar-refractivity contribution in [3.05, 3.63) is 64.3 Å². The fraction of sp³-hybridized carbons (Fsp3) is 0.571. The summed E-state index contributed by atoms with van der Waals surface area (Å²) in [6.07, 6.45) is 7.80. The first-order chi connectivity index (χ1) is 15.4. The van der Waals surface area contributed by atoms with Crippen molar-refractivity contribution in [1.82, 2.24) is 0 Å². The fourth-order valence-electron chi connectivity index (χ4n) is 5.06. The number of aliphatic hydroxyl groups excluding tert-OH is 1. The summed E-state index contributed by atoms with van der Waals surface area (Å²) in [6.45, 7) is 12.4. The molecule has 1 aromatic carbocycles. The van der Waals surface area contributed by atoms with Crippen LogP contribution in [-0.2, 0) is 14.6 Å². The number of aryl methyl sites for hydroxylation is 1. The van der Waals surface area contributed by atoms with Gasteiger partial charge in [-0.3, -0.25) is 0 Å². The van der Waals surface area contributed by atoms with Crippen LogP contribution in [0.15, 0.2) is 63.6 Å². The fourth-order valence-corrected chi connectivity index (χ4v) is 7.21. The molecule has 2 atom stereocenters. The van der Waals surface area contributed by atoms with E-state index in [1.54, 1.807) is 25.3 Å². The molecule has 0 aliphatic heterocycles. The van der Waals surface area contributed by atoms with Crippen molar-refractivity contribution in [1.29, 1.82) is 0 Å². The molecule has 0 amide bonds. The van der Waals surface area contributed by atoms with Crippen LogP contribution in [0.2, 0.25) is 0 Å². The molecule has 184 valence electrons. The van der Waals surface area contributed by atoms with Crippen molar-refractivity contribution in [2.24, 2.45) is 5.41 Å². The van der Waals surface area contributed by atoms with E-state index in [1.165, 1.54) is 5.57 Å². The highest BCUT2D eigenvalue weighted by atomic mass is 32.2. The Bertz CT molecular complexity index is 995. The number of ether oxygens (including phenoxy) is 1. The highest BCUT2D eigenvalue weighted by molar-refractivity contribution is 7.92. The third-order valence-corrected chi connectivity index (χ3v) is 8.91. The van der Waals surface area contributed by atoms with Crippen LogP contribution in [0.3, 0.4) is 0 Å². The maximum absolute atomic E-state index is 14.0. The SMILES string of the molecule is COC(C=C(C)CC(C1=C(C)CCCC1(C)C)S(=O)(=O)c1ccc(C)cc1)CC(C)=CCO. The molecule has 0 saturated heterocycles. The van der Waals surface area contributed by atoms with Crippen molar-refractivity contribution >= 4 is 9.84 Å². The number of aliphatic hydroxyl groups is 1. The van der Waals surface area contributed by atoms with E-state index in [-0.39, 0.29) is 18.1 Å². The summed E-state index contributed by atoms with van der Waals surface area (Å²) in [7, 11) is -1.91. The average Bonchev–Trinajstić information content (AvgIpc) is 2.72. The molecule has 33 heavy (non-hydrogen) atoms. The van der Waals surface area contributed by atoms with Gasteiger partial charge in [-0.15, -0.1) is 0 Å². The molecule has 2 rings (SSSR count). The molecule has 1 aromatic rings. The Balaban J connectivity index is 2.51. The number of hydrogen-bond donors (Lipinski definition) is 1. The molecule has 1 aliphatic carbocycles. The molecular formula is C28H42O4S. The third-order valence-electron chi connectivity index (χ3n) is 6.83. The smallest absolute Gasteiger partial charge is 0.185 e. The van der Waals surface area contributed by atoms with Crippen LogP contribution in [-0.4, -0.2) is 38.6 Å². The first-order valence-corrected chi connectivity index (χ1v) is 13.4. The molecule has 0 radical (unpaired) electrons. The van der Waals surface area contributed by atoms with Gasteiger partial charge in [-0.2, -0.15) is 0 Å². The van der Waals surface area contributed by atoms with Gasteiger partial charge in [-0.1, -0.05) is 60.4 Å². The van der Waals surface area contributed by atoms with E-state index < -0.39 is 15.1 Å². The van der Waals surface area contributed by atoms with Gasteiger partial charge in [0.1, 0.15) is 0 Å². The van der Waals surface area contributed by atoms with Crippen molar-refractivity contribution in [3.8, 4) is 0 Å². The van der Waals surface area contributed by atoms with Gasteiger partial charge < -0.3 is 9.84 Å². The molecule has 5 heteroatoms. The summed E-state index contributed by atoms with van der Waals surface area (Å²) in [6, 6.07) is 7.22. The number of rotatable bonds is 10. The van der Waals surface area contributed by atoms with Gasteiger partial charge >= 0.3 is 0 Å². The molecule has 0 bridgehead atoms. The lowest BCUT2D eigenvalue weighted by molar-refractivity contribution is 0.140. The van der Waals surface area contributed by atoms with Crippen LogP contribution in [0.5, 0.6) is 0 Å². The molecule has 1 N–H and O–H groups in total. The summed E-state index contributed by atoms with van der Waals surface area (Å²) < 4.78 is 33.7. The summed E-state index contributed by atoms with van der Waals surface area (Å²) in [5.41, 5.74) is 5.22. The Morgan fingerprint density at radius 3 is 2.30 bits per heavy atom. The lowest BCUT2D eigenvalue weighted by atomic mass is 9.70. The zero-order chi connectivity index (χ0) is 24.8. The largest absolute Gasteiger partial charge is 0.392 e. The van der Waals surface area contributed by atoms with Gasteiger partial charge in [0.05, 0.1) is 22.9 Å². The minimum absolute atomic E-state index is 0.00431. The normalized spacial score (nSPS) is 19.5. The second-order valence-electron chi connectivity index (χ2n) is 10.2. The van der Waals surface area contributed by atoms with E-state index >= 15 is 0 Å². The van der Waals surface area contributed by atoms with Gasteiger partial charge in [0.25, 0.3) is 0 Å². The molecule has 0 aromatic heterocycles. The summed E-state index contributed by atoms with van der Waals surface area (Å²) in [4.78, 5) is 0.387. The van der Waals surface area contributed by atoms with E-state index in [2.05, 4.69) is 20.8 Å². The Morgan fingerprint density at radius 2 is 1.76 bits per heavy atom. The lowest BCUT2D eigenvalue weighted by Gasteiger charge is -2.39. The molecule has 0 fully saturated rings. The predicted octanol–water partition coefficient (Wildman–Crippen LogP) is 6.34. The molecule has 2 unspecified atom stereocenters. The maximum Gasteiger partial charge on any atom is 0.185 e. The minimum atomic E-state index is -3.57. The number of benzene rings is 1. The van der Waals surface area contributed by atoms with Crippen molar-refractivity contribution in [3.63, 3.8) is 0 Å². The Morgan fingerprint density at radius 1 is 1.12 bits per heavy atom. The Kier molecular flexibility index (Phi) is 9.71. The van der Waals surface area contributed by atoms with Gasteiger partial charge in [-0.05, 0) is 82.9 Å². The van der Waals surface area contributed by atoms with Crippen LogP contribution < -0.4 is 0 Å². The highest BCUT2D eigenvalue weighted by Crippen LogP contribution is 2.46. The van der Waals surface area contributed by atoms with Gasteiger partial charge in [0.15, 0.2) is 9.84 Å². The quantitative estimate of drug-likeness (QED) is 0.402. The Labute approximate surface area is 201 Å². The van der Waals surface area contributed by atoms with Crippen LogP contribution in [0.4, 0.5) is 0 Å². The van der Waals surface area contributed by atoms with Crippen LogP contribution >= 0.6 is 0 Å². The monoisotopic (exact) mass is 474 g/mol. The standard InChI is InChI=1S/C28H42O4S/c1-20-10-12-25(13-11-20)33(30,31)26(27-23(4)9-8-15-28(27,5)6)19-22(3)18-24(32-7)17-21(2)14-16-29/h10-14,18,24,26,29H,8-9,15-17,19H2,1-7H3. The molecule has 0 heterocycles. The summed E-state index contributed by atoms with van der Waals surface area (Å²) in [5.74, 6) is 0. The van der Waals surface area contributed by atoms with E-state index in [4.69, 9.17) is 9.84 Å². The van der Waals surface area contributed by atoms with Crippen LogP contribution in [0.1, 0.15) is 72.3 Å². The molecule has 0 saturated carbocycles. The summed E-state index contributed by atoms with van der Waals surface area (Å²) in [5, 5.41) is 8.55. The predicted molar refractivity (Wildman–Crippen MR) is 137 cm³/mol. The third kappa shape index (κ3) is 7.14. The van der Waals surface area contributed by atoms with E-state index in [1.807, 2.05) is 39.0 Å². The number of methoxy groups -OCH3 is 1. The topological polar surface area (TPSA) is 63.6 Å². The minimum Gasteiger partial charge on any atom is -0.392 e. The van der Waals surface area contributed by atoms with Gasteiger partial charge in [0, 0.05) is 7.11 Å². The number of allylic oxidation sites excluding steroid dienone is 2. The van der Waals surface area contributed by atoms with Crippen LogP contribution in [0, 0.1) is 12.3 Å². The van der Waals surface area contributed by atoms with Gasteiger partial charge in [-0.25, -0.2) is 8.42 Å². The average molecular weight is 475 g/mol. The highest BCUT2D eigenvalue weighted by Gasteiger charge is 2.40. The van der Waals surface area contributed by atoms with Crippen molar-refractivity contribution in [2.45, 2.75) is 89.9 Å². The zero-order valence-corrected chi connectivity index (χ0v) is 22.3. The van der Waals surface area contributed by atoms with E-state index in [0.29, 0.717) is 17.7 Å². The van der Waals surface area contributed by atoms with Crippen molar-refractivity contribution < 1.29 is 18.3 Å². The number of sulfone groups is 1. The number of hydrogen-bond acceptors (Lipinski definition) is 4. The van der Waals surface area contributed by atoms with E-state index in [9.17, 15) is 8.42 Å². The first kappa shape index (κ1) is 27.6. The lowest BCUT2D eigenvalue weighted by Crippen LogP contribution is -2.35. The molecular weight excluding hydrogens is 432 g/mol. The van der Waals surface area contributed by atoms with Gasteiger partial charge in [0.2, 0.25) is 0 Å². The Hall–Kier alpha value is -1.69. The molecule has 0 spiro atoms. The molecule has 4 nitrogen and oxygen atoms in total. The maximum atomic E-state index is 14.0. The zero-order valence-electron chi connectivity index (χ0n) is 21.4. The summed E-state index contributed by atoms with van der Waals surface area (Å²) >= 11 is 0. The second-order valence-corrected chi connectivity index (χ2v) is 12.3. The van der Waals surface area contributed by atoms with Crippen LogP contribution in [0.25, 0.3) is 0 Å².